The third kappa shape index (κ3) is 8.43. The molecule has 26 heavy (non-hydrogen) atoms. The van der Waals surface area contributed by atoms with Gasteiger partial charge in [0.2, 0.25) is 3.79 Å². The number of carbonyl (C=O) groups is 1. The van der Waals surface area contributed by atoms with Crippen molar-refractivity contribution >= 4 is 52.4 Å². The van der Waals surface area contributed by atoms with Crippen LogP contribution in [0.4, 0.5) is 10.5 Å². The molecule has 1 aromatic carbocycles. The van der Waals surface area contributed by atoms with Gasteiger partial charge in [-0.2, -0.15) is 5.26 Å². The number of nitrogens with one attached hydrogen (secondary N) is 1. The molecule has 0 fully saturated rings. The van der Waals surface area contributed by atoms with Crippen LogP contribution in [0.5, 0.6) is 0 Å². The van der Waals surface area contributed by atoms with Crippen LogP contribution in [-0.4, -0.2) is 22.3 Å². The number of hydrogen-bond donors (Lipinski definition) is 2. The van der Waals surface area contributed by atoms with Crippen molar-refractivity contribution in [1.29, 1.82) is 5.26 Å². The summed E-state index contributed by atoms with van der Waals surface area (Å²) in [6, 6.07) is 8.49. The van der Waals surface area contributed by atoms with Crippen molar-refractivity contribution in [3.8, 4) is 6.07 Å². The number of carbonyl (C=O) groups excluding carboxylic acids is 1. The number of alkyl halides is 3. The number of halogens is 3. The van der Waals surface area contributed by atoms with E-state index in [2.05, 4.69) is 10.3 Å². The van der Waals surface area contributed by atoms with Crippen LogP contribution >= 0.6 is 34.8 Å². The summed E-state index contributed by atoms with van der Waals surface area (Å²) < 4.78 is 3.12. The Balaban J connectivity index is 3.07. The molecule has 0 heterocycles. The Morgan fingerprint density at radius 1 is 1.31 bits per heavy atom. The summed E-state index contributed by atoms with van der Waals surface area (Å²) in [4.78, 5) is 16.2. The van der Waals surface area contributed by atoms with Gasteiger partial charge in [-0.15, -0.1) is 0 Å². The number of alkyl carbamates (subject to hydrolysis) is 1. The molecule has 1 aromatic rings. The summed E-state index contributed by atoms with van der Waals surface area (Å²) in [7, 11) is 0. The van der Waals surface area contributed by atoms with Crippen LogP contribution in [0.3, 0.4) is 0 Å². The average molecular weight is 418 g/mol. The number of nitrogens with zero attached hydrogens (tertiary/aromatic N) is 2. The van der Waals surface area contributed by atoms with Gasteiger partial charge in [-0.1, -0.05) is 55.6 Å². The highest BCUT2D eigenvalue weighted by atomic mass is 35.6. The molecule has 0 aliphatic heterocycles. The largest absolute Gasteiger partial charge is 0.445 e. The Labute approximate surface area is 167 Å². The van der Waals surface area contributed by atoms with Gasteiger partial charge in [0.25, 0.3) is 0 Å². The van der Waals surface area contributed by atoms with Crippen LogP contribution in [0.1, 0.15) is 26.3 Å². The van der Waals surface area contributed by atoms with E-state index in [0.717, 1.165) is 0 Å². The van der Waals surface area contributed by atoms with Crippen molar-refractivity contribution in [3.63, 3.8) is 0 Å². The van der Waals surface area contributed by atoms with Gasteiger partial charge in [-0.25, -0.2) is 9.79 Å². The number of nitrogens with two attached hydrogens (primary N) is 1. The lowest BCUT2D eigenvalue weighted by Crippen LogP contribution is -2.33. The van der Waals surface area contributed by atoms with Crippen molar-refractivity contribution in [3.05, 3.63) is 41.6 Å². The lowest BCUT2D eigenvalue weighted by molar-refractivity contribution is 0.154. The van der Waals surface area contributed by atoms with E-state index in [-0.39, 0.29) is 11.3 Å². The number of rotatable bonds is 3. The first-order chi connectivity index (χ1) is 11.9. The van der Waals surface area contributed by atoms with Gasteiger partial charge in [0.05, 0.1) is 17.3 Å². The summed E-state index contributed by atoms with van der Waals surface area (Å²) in [6.07, 6.45) is 0.677. The summed E-state index contributed by atoms with van der Waals surface area (Å²) in [6.45, 7) is 5.32. The topological polar surface area (TPSA) is 100 Å². The highest BCUT2D eigenvalue weighted by Gasteiger charge is 2.22. The number of ether oxygens (including phenoxy) is 1. The predicted octanol–water partition coefficient (Wildman–Crippen LogP) is 4.57. The SMILES string of the molecule is CC(C)(C)/C(N)=C/C(=Nc1ccc(C#N)cc1)NC(=O)OCC(Cl)(Cl)Cl. The molecule has 0 aliphatic rings. The summed E-state index contributed by atoms with van der Waals surface area (Å²) >= 11 is 16.7. The van der Waals surface area contributed by atoms with Gasteiger partial charge in [0, 0.05) is 17.2 Å². The second-order valence-corrected chi connectivity index (χ2v) is 8.84. The lowest BCUT2D eigenvalue weighted by Gasteiger charge is -2.19. The number of nitriles is 1. The van der Waals surface area contributed by atoms with Crippen molar-refractivity contribution in [2.45, 2.75) is 24.6 Å². The number of aliphatic imine (C=N–C) groups is 1. The molecule has 3 N–H and O–H groups in total. The van der Waals surface area contributed by atoms with Crippen molar-refractivity contribution in [1.82, 2.24) is 5.32 Å². The summed E-state index contributed by atoms with van der Waals surface area (Å²) in [5, 5.41) is 11.3. The number of hydrogen-bond acceptors (Lipinski definition) is 5. The number of benzene rings is 1. The summed E-state index contributed by atoms with van der Waals surface area (Å²) in [5.41, 5.74) is 7.21. The smallest absolute Gasteiger partial charge is 0.412 e. The van der Waals surface area contributed by atoms with E-state index in [1.807, 2.05) is 26.8 Å². The fraction of sp³-hybridized carbons (Fsp3) is 0.353. The van der Waals surface area contributed by atoms with Gasteiger partial charge in [-0.05, 0) is 24.3 Å². The van der Waals surface area contributed by atoms with E-state index in [1.54, 1.807) is 24.3 Å². The van der Waals surface area contributed by atoms with Crippen LogP contribution in [-0.2, 0) is 4.74 Å². The Morgan fingerprint density at radius 3 is 2.35 bits per heavy atom. The second-order valence-electron chi connectivity index (χ2n) is 6.32. The Morgan fingerprint density at radius 2 is 1.88 bits per heavy atom. The van der Waals surface area contributed by atoms with Crippen LogP contribution in [0.2, 0.25) is 0 Å². The summed E-state index contributed by atoms with van der Waals surface area (Å²) in [5.74, 6) is 0.149. The van der Waals surface area contributed by atoms with Gasteiger partial charge in [0.15, 0.2) is 0 Å². The molecule has 0 radical (unpaired) electrons. The fourth-order valence-electron chi connectivity index (χ4n) is 1.50. The first kappa shape index (κ1) is 22.1. The van der Waals surface area contributed by atoms with E-state index in [9.17, 15) is 4.79 Å². The van der Waals surface area contributed by atoms with Crippen LogP contribution < -0.4 is 11.1 Å². The first-order valence-corrected chi connectivity index (χ1v) is 8.61. The van der Waals surface area contributed by atoms with E-state index >= 15 is 0 Å². The van der Waals surface area contributed by atoms with E-state index < -0.39 is 16.5 Å². The van der Waals surface area contributed by atoms with Crippen LogP contribution in [0.25, 0.3) is 0 Å². The molecular weight excluding hydrogens is 399 g/mol. The van der Waals surface area contributed by atoms with E-state index in [1.165, 1.54) is 6.08 Å². The predicted molar refractivity (Wildman–Crippen MR) is 105 cm³/mol. The average Bonchev–Trinajstić information content (AvgIpc) is 2.52. The minimum absolute atomic E-state index is 0.149. The van der Waals surface area contributed by atoms with Gasteiger partial charge < -0.3 is 10.5 Å². The zero-order chi connectivity index (χ0) is 20.0. The molecule has 0 unspecified atom stereocenters. The highest BCUT2D eigenvalue weighted by Crippen LogP contribution is 2.26. The molecule has 9 heteroatoms. The zero-order valence-electron chi connectivity index (χ0n) is 14.5. The maximum absolute atomic E-state index is 11.9. The highest BCUT2D eigenvalue weighted by molar-refractivity contribution is 6.67. The van der Waals surface area contributed by atoms with Crippen LogP contribution in [0.15, 0.2) is 41.0 Å². The maximum Gasteiger partial charge on any atom is 0.412 e. The lowest BCUT2D eigenvalue weighted by atomic mass is 9.92. The maximum atomic E-state index is 11.9. The molecular formula is C17H19Cl3N4O2. The molecule has 0 bridgehead atoms. The molecule has 1 amide bonds. The molecule has 0 atom stereocenters. The first-order valence-electron chi connectivity index (χ1n) is 7.48. The molecule has 1 rings (SSSR count). The third-order valence-corrected chi connectivity index (χ3v) is 3.33. The van der Waals surface area contributed by atoms with E-state index in [4.69, 9.17) is 50.5 Å². The third-order valence-electron chi connectivity index (χ3n) is 3.00. The van der Waals surface area contributed by atoms with E-state index in [0.29, 0.717) is 16.9 Å². The molecule has 6 nitrogen and oxygen atoms in total. The Bertz CT molecular complexity index is 739. The standard InChI is InChI=1S/C17H19Cl3N4O2/c1-16(2,3)13(22)8-14(24-15(25)26-10-17(18,19)20)23-12-6-4-11(9-21)5-7-12/h4-8H,10,22H2,1-3H3,(H,23,24,25)/b13-8-. The molecule has 0 saturated carbocycles. The van der Waals surface area contributed by atoms with Gasteiger partial charge >= 0.3 is 6.09 Å². The van der Waals surface area contributed by atoms with Crippen molar-refractivity contribution in [2.24, 2.45) is 16.1 Å². The normalized spacial score (nSPS) is 13.1. The van der Waals surface area contributed by atoms with Crippen LogP contribution in [0, 0.1) is 16.7 Å². The molecule has 0 saturated heterocycles. The van der Waals surface area contributed by atoms with Gasteiger partial charge in [-0.3, -0.25) is 5.32 Å². The van der Waals surface area contributed by atoms with Gasteiger partial charge in [0.1, 0.15) is 12.4 Å². The molecule has 140 valence electrons. The Kier molecular flexibility index (Phi) is 7.76. The minimum Gasteiger partial charge on any atom is -0.445 e. The number of amides is 1. The van der Waals surface area contributed by atoms with Crippen molar-refractivity contribution < 1.29 is 9.53 Å². The number of amidine groups is 1. The number of allylic oxidation sites excluding steroid dienone is 1. The second kappa shape index (κ2) is 9.13. The molecule has 0 aliphatic carbocycles. The van der Waals surface area contributed by atoms with Crippen molar-refractivity contribution in [2.75, 3.05) is 6.61 Å². The quantitative estimate of drug-likeness (QED) is 0.427. The Hall–Kier alpha value is -1.94. The molecule has 0 spiro atoms. The monoisotopic (exact) mass is 416 g/mol. The fourth-order valence-corrected chi connectivity index (χ4v) is 1.66. The minimum atomic E-state index is -1.72. The zero-order valence-corrected chi connectivity index (χ0v) is 16.8. The molecule has 0 aromatic heterocycles.